The maximum absolute atomic E-state index is 13.1. The molecule has 0 atom stereocenters. The van der Waals surface area contributed by atoms with Gasteiger partial charge in [-0.25, -0.2) is 19.3 Å². The Labute approximate surface area is 185 Å². The number of piperidine rings is 1. The minimum absolute atomic E-state index is 0.0786. The third-order valence-electron chi connectivity index (χ3n) is 5.75. The van der Waals surface area contributed by atoms with E-state index in [1.54, 1.807) is 6.20 Å². The van der Waals surface area contributed by atoms with E-state index < -0.39 is 0 Å². The van der Waals surface area contributed by atoms with Gasteiger partial charge in [0.1, 0.15) is 17.3 Å². The fraction of sp³-hybridized carbons (Fsp3) is 0.250. The molecule has 1 aliphatic rings. The molecule has 1 aliphatic heterocycles. The normalized spacial score (nSPS) is 14.6. The molecule has 0 spiro atoms. The Balaban J connectivity index is 1.27. The Morgan fingerprint density at radius 3 is 2.66 bits per heavy atom. The summed E-state index contributed by atoms with van der Waals surface area (Å²) in [4.78, 5) is 28.4. The van der Waals surface area contributed by atoms with Crippen molar-refractivity contribution in [3.8, 4) is 11.4 Å². The molecule has 1 fully saturated rings. The van der Waals surface area contributed by atoms with Crippen LogP contribution in [0.15, 0.2) is 61.1 Å². The Bertz CT molecular complexity index is 1260. The highest BCUT2D eigenvalue weighted by Crippen LogP contribution is 2.23. The van der Waals surface area contributed by atoms with Crippen molar-refractivity contribution in [3.05, 3.63) is 78.1 Å². The van der Waals surface area contributed by atoms with Crippen molar-refractivity contribution >= 4 is 17.4 Å². The number of amides is 1. The molecule has 0 aliphatic carbocycles. The lowest BCUT2D eigenvalue weighted by Gasteiger charge is -2.33. The van der Waals surface area contributed by atoms with E-state index in [1.165, 1.54) is 24.3 Å². The van der Waals surface area contributed by atoms with Crippen LogP contribution >= 0.6 is 0 Å². The van der Waals surface area contributed by atoms with Gasteiger partial charge in [-0.2, -0.15) is 0 Å². The number of hydrogen-bond acceptors (Lipinski definition) is 5. The fourth-order valence-corrected chi connectivity index (χ4v) is 4.02. The summed E-state index contributed by atoms with van der Waals surface area (Å²) >= 11 is 0. The number of carbonyl (C=O) groups is 1. The zero-order chi connectivity index (χ0) is 22.1. The maximum atomic E-state index is 13.1. The van der Waals surface area contributed by atoms with Gasteiger partial charge in [-0.05, 0) is 56.2 Å². The highest BCUT2D eigenvalue weighted by molar-refractivity contribution is 5.94. The molecule has 32 heavy (non-hydrogen) atoms. The number of nitrogens with one attached hydrogen (secondary N) is 1. The van der Waals surface area contributed by atoms with E-state index >= 15 is 0 Å². The van der Waals surface area contributed by atoms with Crippen molar-refractivity contribution in [2.24, 2.45) is 0 Å². The molecule has 162 valence electrons. The van der Waals surface area contributed by atoms with Crippen LogP contribution in [0.1, 0.15) is 28.9 Å². The first kappa shape index (κ1) is 20.1. The van der Waals surface area contributed by atoms with Gasteiger partial charge in [-0.3, -0.25) is 4.79 Å². The molecule has 0 bridgehead atoms. The van der Waals surface area contributed by atoms with E-state index in [4.69, 9.17) is 4.98 Å². The summed E-state index contributed by atoms with van der Waals surface area (Å²) in [5, 5.41) is 3.06. The van der Waals surface area contributed by atoms with Crippen LogP contribution in [0.2, 0.25) is 0 Å². The van der Waals surface area contributed by atoms with E-state index in [9.17, 15) is 9.18 Å². The van der Waals surface area contributed by atoms with Crippen LogP contribution in [-0.2, 0) is 0 Å². The number of aromatic nitrogens is 4. The topological polar surface area (TPSA) is 75.4 Å². The van der Waals surface area contributed by atoms with Crippen molar-refractivity contribution in [2.45, 2.75) is 25.8 Å². The third kappa shape index (κ3) is 4.16. The van der Waals surface area contributed by atoms with Gasteiger partial charge in [-0.1, -0.05) is 0 Å². The highest BCUT2D eigenvalue weighted by atomic mass is 19.1. The lowest BCUT2D eigenvalue weighted by molar-refractivity contribution is 0.0931. The number of pyridine rings is 1. The minimum atomic E-state index is -0.348. The van der Waals surface area contributed by atoms with E-state index in [0.29, 0.717) is 11.4 Å². The summed E-state index contributed by atoms with van der Waals surface area (Å²) < 4.78 is 15.0. The number of anilines is 1. The number of halogens is 1. The molecule has 1 amide bonds. The first-order valence-corrected chi connectivity index (χ1v) is 10.7. The van der Waals surface area contributed by atoms with Crippen molar-refractivity contribution < 1.29 is 9.18 Å². The molecule has 0 saturated carbocycles. The van der Waals surface area contributed by atoms with Gasteiger partial charge in [0.05, 0.1) is 0 Å². The van der Waals surface area contributed by atoms with Gasteiger partial charge in [0.25, 0.3) is 5.91 Å². The summed E-state index contributed by atoms with van der Waals surface area (Å²) in [6.07, 6.45) is 7.28. The number of aryl methyl sites for hydroxylation is 1. The summed E-state index contributed by atoms with van der Waals surface area (Å²) in [7, 11) is 0. The first-order chi connectivity index (χ1) is 15.5. The van der Waals surface area contributed by atoms with E-state index in [1.807, 2.05) is 41.9 Å². The predicted molar refractivity (Wildman–Crippen MR) is 120 cm³/mol. The molecule has 1 N–H and O–H groups in total. The molecule has 4 heterocycles. The van der Waals surface area contributed by atoms with E-state index in [-0.39, 0.29) is 17.8 Å². The zero-order valence-electron chi connectivity index (χ0n) is 17.7. The van der Waals surface area contributed by atoms with Gasteiger partial charge < -0.3 is 14.6 Å². The Morgan fingerprint density at radius 2 is 1.88 bits per heavy atom. The van der Waals surface area contributed by atoms with Crippen LogP contribution in [0.25, 0.3) is 17.0 Å². The standard InChI is InChI=1S/C24H23FN6O/c1-16-14-22(29-23(27-16)18-4-7-21-26-10-13-31(21)15-18)30-11-8-20(9-12-30)28-24(32)17-2-5-19(25)6-3-17/h2-7,10,13-15,20H,8-9,11-12H2,1H3,(H,28,32). The Hall–Kier alpha value is -3.81. The van der Waals surface area contributed by atoms with Crippen molar-refractivity contribution in [3.63, 3.8) is 0 Å². The molecular formula is C24H23FN6O. The number of fused-ring (bicyclic) bond motifs is 1. The first-order valence-electron chi connectivity index (χ1n) is 10.7. The molecule has 7 nitrogen and oxygen atoms in total. The average Bonchev–Trinajstić information content (AvgIpc) is 3.27. The van der Waals surface area contributed by atoms with Crippen LogP contribution in [0.5, 0.6) is 0 Å². The molecule has 0 unspecified atom stereocenters. The fourth-order valence-electron chi connectivity index (χ4n) is 4.02. The molecule has 1 aromatic carbocycles. The zero-order valence-corrected chi connectivity index (χ0v) is 17.7. The van der Waals surface area contributed by atoms with Crippen LogP contribution in [-0.4, -0.2) is 44.4 Å². The third-order valence-corrected chi connectivity index (χ3v) is 5.75. The number of imidazole rings is 1. The monoisotopic (exact) mass is 430 g/mol. The summed E-state index contributed by atoms with van der Waals surface area (Å²) in [5.41, 5.74) is 3.19. The largest absolute Gasteiger partial charge is 0.356 e. The predicted octanol–water partition coefficient (Wildman–Crippen LogP) is 3.64. The van der Waals surface area contributed by atoms with Crippen LogP contribution in [0.3, 0.4) is 0 Å². The highest BCUT2D eigenvalue weighted by Gasteiger charge is 2.23. The number of hydrogen-bond donors (Lipinski definition) is 1. The van der Waals surface area contributed by atoms with E-state index in [2.05, 4.69) is 20.2 Å². The molecule has 3 aromatic heterocycles. The lowest BCUT2D eigenvalue weighted by Crippen LogP contribution is -2.45. The Morgan fingerprint density at radius 1 is 1.09 bits per heavy atom. The van der Waals surface area contributed by atoms with Crippen LogP contribution in [0.4, 0.5) is 10.2 Å². The smallest absolute Gasteiger partial charge is 0.251 e. The van der Waals surface area contributed by atoms with Crippen molar-refractivity contribution in [1.29, 1.82) is 0 Å². The maximum Gasteiger partial charge on any atom is 0.251 e. The van der Waals surface area contributed by atoms with Gasteiger partial charge in [-0.15, -0.1) is 0 Å². The van der Waals surface area contributed by atoms with Gasteiger partial charge in [0, 0.05) is 60.6 Å². The molecule has 0 radical (unpaired) electrons. The number of nitrogens with zero attached hydrogens (tertiary/aromatic N) is 5. The second-order valence-corrected chi connectivity index (χ2v) is 8.04. The quantitative estimate of drug-likeness (QED) is 0.535. The Kier molecular flexibility index (Phi) is 5.26. The summed E-state index contributed by atoms with van der Waals surface area (Å²) in [6.45, 7) is 3.54. The van der Waals surface area contributed by atoms with Crippen LogP contribution in [0, 0.1) is 12.7 Å². The van der Waals surface area contributed by atoms with Gasteiger partial charge in [0.15, 0.2) is 5.82 Å². The summed E-state index contributed by atoms with van der Waals surface area (Å²) in [6, 6.07) is 11.6. The number of carbonyl (C=O) groups excluding carboxylic acids is 1. The number of benzene rings is 1. The molecule has 5 rings (SSSR count). The average molecular weight is 430 g/mol. The number of rotatable bonds is 4. The van der Waals surface area contributed by atoms with Crippen LogP contribution < -0.4 is 10.2 Å². The van der Waals surface area contributed by atoms with Gasteiger partial charge >= 0.3 is 0 Å². The molecular weight excluding hydrogens is 407 g/mol. The van der Waals surface area contributed by atoms with Gasteiger partial charge in [0.2, 0.25) is 0 Å². The second kappa shape index (κ2) is 8.37. The lowest BCUT2D eigenvalue weighted by atomic mass is 10.0. The molecule has 1 saturated heterocycles. The molecule has 8 heteroatoms. The minimum Gasteiger partial charge on any atom is -0.356 e. The second-order valence-electron chi connectivity index (χ2n) is 8.04. The van der Waals surface area contributed by atoms with Crippen molar-refractivity contribution in [1.82, 2.24) is 24.7 Å². The van der Waals surface area contributed by atoms with E-state index in [0.717, 1.165) is 48.7 Å². The molecule has 4 aromatic rings. The van der Waals surface area contributed by atoms with Crippen molar-refractivity contribution in [2.75, 3.05) is 18.0 Å². The summed E-state index contributed by atoms with van der Waals surface area (Å²) in [5.74, 6) is 1.06. The SMILES string of the molecule is Cc1cc(N2CCC(NC(=O)c3ccc(F)cc3)CC2)nc(-c2ccc3nccn3c2)n1.